The summed E-state index contributed by atoms with van der Waals surface area (Å²) in [6, 6.07) is 6.95. The Balaban J connectivity index is 2.90. The van der Waals surface area contributed by atoms with Crippen molar-refractivity contribution in [2.24, 2.45) is 0 Å². The Kier molecular flexibility index (Phi) is 6.82. The van der Waals surface area contributed by atoms with Gasteiger partial charge in [-0.1, -0.05) is 34.0 Å². The summed E-state index contributed by atoms with van der Waals surface area (Å²) in [7, 11) is 0. The van der Waals surface area contributed by atoms with Gasteiger partial charge < -0.3 is 10.1 Å². The molecule has 0 spiro atoms. The first-order valence-corrected chi connectivity index (χ1v) is 7.00. The number of amides is 1. The lowest BCUT2D eigenvalue weighted by atomic mass is 10.0. The Morgan fingerprint density at radius 1 is 1.45 bits per heavy atom. The van der Waals surface area contributed by atoms with Gasteiger partial charge in [0.05, 0.1) is 19.1 Å². The van der Waals surface area contributed by atoms with Crippen molar-refractivity contribution in [3.05, 3.63) is 34.3 Å². The molecule has 4 nitrogen and oxygen atoms in total. The molecule has 0 unspecified atom stereocenters. The fourth-order valence-electron chi connectivity index (χ4n) is 1.67. The monoisotopic (exact) mass is 337 g/mol. The van der Waals surface area contributed by atoms with Gasteiger partial charge in [0.1, 0.15) is 0 Å². The van der Waals surface area contributed by atoms with Crippen LogP contribution in [0.25, 0.3) is 0 Å². The van der Waals surface area contributed by atoms with Crippen molar-refractivity contribution >= 4 is 27.8 Å². The number of halogens is 1. The first-order valence-electron chi connectivity index (χ1n) is 6.21. The first kappa shape index (κ1) is 16.3. The summed E-state index contributed by atoms with van der Waals surface area (Å²) in [6.45, 7) is 3.64. The molecule has 0 bridgehead atoms. The fraction of sp³-hybridized carbons (Fsp3) is 0.333. The third-order valence-corrected chi connectivity index (χ3v) is 2.96. The molecular formula is C15H16BrNO3. The molecule has 1 N–H and O–H groups in total. The standard InChI is InChI=1S/C15H16BrNO3/c1-3-6-14(18)17-13(10-15(19)20-4-2)11-7-5-8-12(16)9-11/h5,7-9,13H,4,10H2,1-2H3,(H,17,18)/t13-/m0/s1. The summed E-state index contributed by atoms with van der Waals surface area (Å²) in [5.74, 6) is 4.15. The minimum absolute atomic E-state index is 0.0709. The van der Waals surface area contributed by atoms with Crippen molar-refractivity contribution in [3.8, 4) is 11.8 Å². The van der Waals surface area contributed by atoms with Gasteiger partial charge in [0.25, 0.3) is 5.91 Å². The second kappa shape index (κ2) is 8.39. The number of hydrogen-bond donors (Lipinski definition) is 1. The lowest BCUT2D eigenvalue weighted by Crippen LogP contribution is -2.29. The Morgan fingerprint density at radius 2 is 2.20 bits per heavy atom. The number of benzene rings is 1. The highest BCUT2D eigenvalue weighted by Crippen LogP contribution is 2.21. The van der Waals surface area contributed by atoms with Gasteiger partial charge in [0, 0.05) is 4.47 Å². The van der Waals surface area contributed by atoms with Crippen LogP contribution in [-0.4, -0.2) is 18.5 Å². The van der Waals surface area contributed by atoms with E-state index in [0.29, 0.717) is 6.61 Å². The molecule has 1 aromatic carbocycles. The van der Waals surface area contributed by atoms with Gasteiger partial charge in [0.15, 0.2) is 0 Å². The van der Waals surface area contributed by atoms with Gasteiger partial charge >= 0.3 is 5.97 Å². The van der Waals surface area contributed by atoms with E-state index in [1.165, 1.54) is 0 Å². The Morgan fingerprint density at radius 3 is 2.80 bits per heavy atom. The maximum absolute atomic E-state index is 11.6. The SMILES string of the molecule is CC#CC(=O)N[C@@H](CC(=O)OCC)c1cccc(Br)c1. The van der Waals surface area contributed by atoms with E-state index in [1.807, 2.05) is 24.3 Å². The largest absolute Gasteiger partial charge is 0.466 e. The maximum atomic E-state index is 11.6. The van der Waals surface area contributed by atoms with E-state index in [2.05, 4.69) is 33.1 Å². The van der Waals surface area contributed by atoms with Crippen LogP contribution >= 0.6 is 15.9 Å². The van der Waals surface area contributed by atoms with E-state index in [4.69, 9.17) is 4.74 Å². The van der Waals surface area contributed by atoms with Crippen molar-refractivity contribution in [3.63, 3.8) is 0 Å². The third-order valence-electron chi connectivity index (χ3n) is 2.47. The highest BCUT2D eigenvalue weighted by molar-refractivity contribution is 9.10. The molecule has 0 aliphatic rings. The molecule has 1 rings (SSSR count). The molecule has 0 aromatic heterocycles. The molecule has 0 aliphatic carbocycles. The Hall–Kier alpha value is -1.80. The molecule has 0 fully saturated rings. The molecule has 1 atom stereocenters. The first-order chi connectivity index (χ1) is 9.56. The predicted octanol–water partition coefficient (Wildman–Crippen LogP) is 2.58. The van der Waals surface area contributed by atoms with Gasteiger partial charge in [-0.2, -0.15) is 0 Å². The highest BCUT2D eigenvalue weighted by atomic mass is 79.9. The van der Waals surface area contributed by atoms with E-state index >= 15 is 0 Å². The van der Waals surface area contributed by atoms with Crippen molar-refractivity contribution in [2.45, 2.75) is 26.3 Å². The number of hydrogen-bond acceptors (Lipinski definition) is 3. The van der Waals surface area contributed by atoms with Crippen molar-refractivity contribution in [2.75, 3.05) is 6.61 Å². The van der Waals surface area contributed by atoms with Gasteiger partial charge in [0.2, 0.25) is 0 Å². The molecule has 20 heavy (non-hydrogen) atoms. The Labute approximate surface area is 127 Å². The van der Waals surface area contributed by atoms with Crippen LogP contribution in [0, 0.1) is 11.8 Å². The van der Waals surface area contributed by atoms with Gasteiger partial charge in [-0.3, -0.25) is 9.59 Å². The Bertz CT molecular complexity index is 546. The van der Waals surface area contributed by atoms with Crippen LogP contribution in [0.1, 0.15) is 31.9 Å². The number of ether oxygens (including phenoxy) is 1. The topological polar surface area (TPSA) is 55.4 Å². The minimum atomic E-state index is -0.458. The summed E-state index contributed by atoms with van der Waals surface area (Å²) in [4.78, 5) is 23.2. The second-order valence-electron chi connectivity index (χ2n) is 3.97. The lowest BCUT2D eigenvalue weighted by molar-refractivity contribution is -0.143. The summed E-state index contributed by atoms with van der Waals surface area (Å²) in [5.41, 5.74) is 0.818. The lowest BCUT2D eigenvalue weighted by Gasteiger charge is -2.17. The average molecular weight is 338 g/mol. The van der Waals surface area contributed by atoms with E-state index in [9.17, 15) is 9.59 Å². The van der Waals surface area contributed by atoms with Crippen molar-refractivity contribution < 1.29 is 14.3 Å². The zero-order valence-corrected chi connectivity index (χ0v) is 13.0. The van der Waals surface area contributed by atoms with Gasteiger partial charge in [-0.15, -0.1) is 0 Å². The number of esters is 1. The molecule has 0 saturated carbocycles. The quantitative estimate of drug-likeness (QED) is 0.663. The molecule has 1 amide bonds. The summed E-state index contributed by atoms with van der Waals surface area (Å²) in [6.07, 6.45) is 0.0709. The van der Waals surface area contributed by atoms with E-state index in [0.717, 1.165) is 10.0 Å². The molecule has 0 radical (unpaired) electrons. The molecule has 0 saturated heterocycles. The van der Waals surface area contributed by atoms with Crippen molar-refractivity contribution in [1.82, 2.24) is 5.32 Å². The summed E-state index contributed by atoms with van der Waals surface area (Å²) < 4.78 is 5.80. The molecule has 0 aliphatic heterocycles. The van der Waals surface area contributed by atoms with Crippen LogP contribution in [0.15, 0.2) is 28.7 Å². The predicted molar refractivity (Wildman–Crippen MR) is 79.7 cm³/mol. The molecular weight excluding hydrogens is 322 g/mol. The van der Waals surface area contributed by atoms with E-state index in [-0.39, 0.29) is 12.4 Å². The third kappa shape index (κ3) is 5.45. The number of carbonyl (C=O) groups excluding carboxylic acids is 2. The number of rotatable bonds is 5. The van der Waals surface area contributed by atoms with Crippen LogP contribution < -0.4 is 5.32 Å². The van der Waals surface area contributed by atoms with Crippen LogP contribution in [0.4, 0.5) is 0 Å². The fourth-order valence-corrected chi connectivity index (χ4v) is 2.09. The van der Waals surface area contributed by atoms with Crippen LogP contribution in [-0.2, 0) is 14.3 Å². The minimum Gasteiger partial charge on any atom is -0.466 e. The van der Waals surface area contributed by atoms with Gasteiger partial charge in [-0.05, 0) is 37.5 Å². The highest BCUT2D eigenvalue weighted by Gasteiger charge is 2.18. The number of nitrogens with one attached hydrogen (secondary N) is 1. The molecule has 5 heteroatoms. The molecule has 1 aromatic rings. The smallest absolute Gasteiger partial charge is 0.308 e. The zero-order chi connectivity index (χ0) is 15.0. The van der Waals surface area contributed by atoms with Crippen molar-refractivity contribution in [1.29, 1.82) is 0 Å². The van der Waals surface area contributed by atoms with E-state index < -0.39 is 11.9 Å². The zero-order valence-electron chi connectivity index (χ0n) is 11.4. The maximum Gasteiger partial charge on any atom is 0.308 e. The second-order valence-corrected chi connectivity index (χ2v) is 4.88. The van der Waals surface area contributed by atoms with Crippen LogP contribution in [0.5, 0.6) is 0 Å². The summed E-state index contributed by atoms with van der Waals surface area (Å²) >= 11 is 3.37. The van der Waals surface area contributed by atoms with Gasteiger partial charge in [-0.25, -0.2) is 0 Å². The average Bonchev–Trinajstić information content (AvgIpc) is 2.38. The molecule has 0 heterocycles. The van der Waals surface area contributed by atoms with Crippen LogP contribution in [0.3, 0.4) is 0 Å². The molecule has 106 valence electrons. The van der Waals surface area contributed by atoms with E-state index in [1.54, 1.807) is 13.8 Å². The van der Waals surface area contributed by atoms with Crippen LogP contribution in [0.2, 0.25) is 0 Å². The number of carbonyl (C=O) groups is 2. The summed E-state index contributed by atoms with van der Waals surface area (Å²) in [5, 5.41) is 2.72. The normalized spacial score (nSPS) is 10.9.